The highest BCUT2D eigenvalue weighted by atomic mass is 16.5. The first-order valence-corrected chi connectivity index (χ1v) is 6.44. The van der Waals surface area contributed by atoms with Crippen LogP contribution in [-0.2, 0) is 6.42 Å². The lowest BCUT2D eigenvalue weighted by Gasteiger charge is -2.04. The number of ether oxygens (including phenoxy) is 1. The molecule has 0 saturated heterocycles. The number of rotatable bonds is 5. The fraction of sp³-hybridized carbons (Fsp3) is 0.400. The minimum Gasteiger partial charge on any atom is -0.494 e. The third-order valence-corrected chi connectivity index (χ3v) is 2.27. The molecular formula is C15H21NO2. The molecule has 2 rings (SSSR count). The van der Waals surface area contributed by atoms with Crippen LogP contribution in [0.2, 0.25) is 0 Å². The molecular weight excluding hydrogens is 226 g/mol. The summed E-state index contributed by atoms with van der Waals surface area (Å²) in [6.45, 7) is 6.60. The molecule has 0 N–H and O–H groups in total. The van der Waals surface area contributed by atoms with Crippen LogP contribution in [0.15, 0.2) is 40.9 Å². The van der Waals surface area contributed by atoms with E-state index in [0.29, 0.717) is 6.61 Å². The molecule has 18 heavy (non-hydrogen) atoms. The predicted molar refractivity (Wildman–Crippen MR) is 72.8 cm³/mol. The van der Waals surface area contributed by atoms with Gasteiger partial charge in [-0.3, -0.25) is 0 Å². The number of benzene rings is 1. The summed E-state index contributed by atoms with van der Waals surface area (Å²) in [6, 6.07) is 11.8. The molecule has 1 aromatic carbocycles. The third kappa shape index (κ3) is 5.04. The maximum atomic E-state index is 5.58. The molecule has 0 fully saturated rings. The van der Waals surface area contributed by atoms with Crippen LogP contribution in [0, 0.1) is 6.92 Å². The van der Waals surface area contributed by atoms with Gasteiger partial charge in [0.2, 0.25) is 0 Å². The van der Waals surface area contributed by atoms with Gasteiger partial charge in [-0.25, -0.2) is 0 Å². The van der Waals surface area contributed by atoms with Gasteiger partial charge in [-0.2, -0.15) is 0 Å². The van der Waals surface area contributed by atoms with E-state index in [-0.39, 0.29) is 0 Å². The van der Waals surface area contributed by atoms with E-state index < -0.39 is 0 Å². The van der Waals surface area contributed by atoms with Crippen molar-refractivity contribution in [3.63, 3.8) is 0 Å². The maximum absolute atomic E-state index is 5.58. The minimum atomic E-state index is 0.704. The van der Waals surface area contributed by atoms with E-state index in [9.17, 15) is 0 Å². The smallest absolute Gasteiger partial charge is 0.133 e. The molecule has 0 amide bonds. The van der Waals surface area contributed by atoms with Crippen molar-refractivity contribution >= 4 is 0 Å². The van der Waals surface area contributed by atoms with Crippen molar-refractivity contribution in [1.82, 2.24) is 5.16 Å². The fourth-order valence-corrected chi connectivity index (χ4v) is 1.50. The molecule has 0 aliphatic carbocycles. The molecule has 0 unspecified atom stereocenters. The fourth-order valence-electron chi connectivity index (χ4n) is 1.50. The zero-order chi connectivity index (χ0) is 13.2. The van der Waals surface area contributed by atoms with E-state index in [0.717, 1.165) is 30.0 Å². The van der Waals surface area contributed by atoms with Gasteiger partial charge in [-0.15, -0.1) is 0 Å². The highest BCUT2D eigenvalue weighted by Gasteiger charge is 2.00. The number of aryl methyl sites for hydroxylation is 2. The Morgan fingerprint density at radius 2 is 1.89 bits per heavy atom. The summed E-state index contributed by atoms with van der Waals surface area (Å²) < 4.78 is 10.6. The Hall–Kier alpha value is -1.77. The van der Waals surface area contributed by atoms with E-state index in [1.807, 2.05) is 57.2 Å². The Morgan fingerprint density at radius 1 is 1.17 bits per heavy atom. The molecule has 0 atom stereocenters. The maximum Gasteiger partial charge on any atom is 0.133 e. The van der Waals surface area contributed by atoms with Crippen molar-refractivity contribution in [3.05, 3.63) is 47.9 Å². The lowest BCUT2D eigenvalue weighted by Crippen LogP contribution is -1.99. The van der Waals surface area contributed by atoms with E-state index in [1.54, 1.807) is 0 Å². The molecule has 0 radical (unpaired) electrons. The van der Waals surface area contributed by atoms with Crippen LogP contribution in [0.25, 0.3) is 0 Å². The number of aromatic nitrogens is 1. The summed E-state index contributed by atoms with van der Waals surface area (Å²) in [7, 11) is 0. The lowest BCUT2D eigenvalue weighted by atomic mass is 10.2. The van der Waals surface area contributed by atoms with E-state index in [2.05, 4.69) is 5.16 Å². The second-order valence-corrected chi connectivity index (χ2v) is 3.69. The summed E-state index contributed by atoms with van der Waals surface area (Å²) in [4.78, 5) is 0. The predicted octanol–water partition coefficient (Wildman–Crippen LogP) is 4.02. The van der Waals surface area contributed by atoms with Gasteiger partial charge in [0.1, 0.15) is 11.5 Å². The number of nitrogens with zero attached hydrogens (tertiary/aromatic N) is 1. The van der Waals surface area contributed by atoms with Crippen LogP contribution in [0.5, 0.6) is 5.75 Å². The van der Waals surface area contributed by atoms with Gasteiger partial charge in [0, 0.05) is 6.07 Å². The second-order valence-electron chi connectivity index (χ2n) is 3.69. The van der Waals surface area contributed by atoms with Crippen LogP contribution >= 0.6 is 0 Å². The largest absolute Gasteiger partial charge is 0.494 e. The first kappa shape index (κ1) is 14.3. The number of hydrogen-bond donors (Lipinski definition) is 0. The number of hydrogen-bond acceptors (Lipinski definition) is 3. The van der Waals surface area contributed by atoms with Crippen LogP contribution in [-0.4, -0.2) is 11.8 Å². The molecule has 0 saturated carbocycles. The highest BCUT2D eigenvalue weighted by Crippen LogP contribution is 2.09. The van der Waals surface area contributed by atoms with Gasteiger partial charge in [-0.1, -0.05) is 37.2 Å². The van der Waals surface area contributed by atoms with Gasteiger partial charge < -0.3 is 9.26 Å². The van der Waals surface area contributed by atoms with Gasteiger partial charge in [0.25, 0.3) is 0 Å². The molecule has 0 aliphatic heterocycles. The summed E-state index contributed by atoms with van der Waals surface area (Å²) in [5.74, 6) is 1.78. The lowest BCUT2D eigenvalue weighted by molar-refractivity contribution is 0.308. The zero-order valence-electron chi connectivity index (χ0n) is 11.3. The first-order chi connectivity index (χ1) is 8.84. The second kappa shape index (κ2) is 8.34. The topological polar surface area (TPSA) is 35.3 Å². The van der Waals surface area contributed by atoms with Crippen molar-refractivity contribution in [2.24, 2.45) is 0 Å². The molecule has 3 heteroatoms. The number of para-hydroxylation sites is 1. The zero-order valence-corrected chi connectivity index (χ0v) is 11.3. The quantitative estimate of drug-likeness (QED) is 0.748. The van der Waals surface area contributed by atoms with Crippen LogP contribution in [0.3, 0.4) is 0 Å². The SMILES string of the molecule is CC.Cc1cc(CCCOc2ccccc2)no1. The Labute approximate surface area is 109 Å². The average molecular weight is 247 g/mol. The van der Waals surface area contributed by atoms with Crippen molar-refractivity contribution in [2.45, 2.75) is 33.6 Å². The monoisotopic (exact) mass is 247 g/mol. The third-order valence-electron chi connectivity index (χ3n) is 2.27. The molecule has 98 valence electrons. The minimum absolute atomic E-state index is 0.704. The molecule has 1 heterocycles. The summed E-state index contributed by atoms with van der Waals surface area (Å²) in [5, 5.41) is 3.93. The molecule has 3 nitrogen and oxygen atoms in total. The average Bonchev–Trinajstić information content (AvgIpc) is 2.84. The summed E-state index contributed by atoms with van der Waals surface area (Å²) >= 11 is 0. The van der Waals surface area contributed by atoms with Crippen LogP contribution in [0.4, 0.5) is 0 Å². The van der Waals surface area contributed by atoms with Crippen molar-refractivity contribution < 1.29 is 9.26 Å². The van der Waals surface area contributed by atoms with E-state index in [4.69, 9.17) is 9.26 Å². The van der Waals surface area contributed by atoms with Gasteiger partial charge in [-0.05, 0) is 31.9 Å². The van der Waals surface area contributed by atoms with Crippen molar-refractivity contribution in [2.75, 3.05) is 6.61 Å². The standard InChI is InChI=1S/C13H15NO2.C2H6/c1-11-10-12(14-16-11)6-5-9-15-13-7-3-2-4-8-13;1-2/h2-4,7-8,10H,5-6,9H2,1H3;1-2H3. The Bertz CT molecular complexity index is 423. The van der Waals surface area contributed by atoms with Crippen LogP contribution < -0.4 is 4.74 Å². The molecule has 0 aliphatic rings. The highest BCUT2D eigenvalue weighted by molar-refractivity contribution is 5.20. The molecule has 2 aromatic rings. The van der Waals surface area contributed by atoms with Crippen molar-refractivity contribution in [3.8, 4) is 5.75 Å². The Balaban J connectivity index is 0.000000771. The van der Waals surface area contributed by atoms with Gasteiger partial charge in [0.15, 0.2) is 0 Å². The van der Waals surface area contributed by atoms with Gasteiger partial charge >= 0.3 is 0 Å². The first-order valence-electron chi connectivity index (χ1n) is 6.44. The van der Waals surface area contributed by atoms with E-state index in [1.165, 1.54) is 0 Å². The molecule has 0 spiro atoms. The Morgan fingerprint density at radius 3 is 2.50 bits per heavy atom. The van der Waals surface area contributed by atoms with Crippen LogP contribution in [0.1, 0.15) is 31.7 Å². The molecule has 1 aromatic heterocycles. The van der Waals surface area contributed by atoms with Crippen molar-refractivity contribution in [1.29, 1.82) is 0 Å². The Kier molecular flexibility index (Phi) is 6.62. The summed E-state index contributed by atoms with van der Waals surface area (Å²) in [5.41, 5.74) is 0.995. The van der Waals surface area contributed by atoms with Gasteiger partial charge in [0.05, 0.1) is 12.3 Å². The van der Waals surface area contributed by atoms with E-state index >= 15 is 0 Å². The normalized spacial score (nSPS) is 9.50. The summed E-state index contributed by atoms with van der Waals surface area (Å²) in [6.07, 6.45) is 1.84. The molecule has 0 bridgehead atoms.